The fraction of sp³-hybridized carbons (Fsp3) is 0.357. The average molecular weight is 442 g/mol. The lowest BCUT2D eigenvalue weighted by Gasteiger charge is -2.24. The third-order valence-corrected chi connectivity index (χ3v) is 6.50. The van der Waals surface area contributed by atoms with Gasteiger partial charge < -0.3 is 15.0 Å². The lowest BCUT2D eigenvalue weighted by Crippen LogP contribution is -2.35. The second-order valence-corrected chi connectivity index (χ2v) is 9.06. The van der Waals surface area contributed by atoms with Crippen LogP contribution in [0, 0.1) is 26.2 Å². The Labute approximate surface area is 196 Å². The fourth-order valence-corrected chi connectivity index (χ4v) is 4.13. The number of hydrogen-bond donors (Lipinski definition) is 1. The Balaban J connectivity index is 0.000000459. The summed E-state index contributed by atoms with van der Waals surface area (Å²) in [6.45, 7) is 6.52. The second kappa shape index (κ2) is 9.25. The van der Waals surface area contributed by atoms with E-state index < -0.39 is 5.54 Å². The van der Waals surface area contributed by atoms with Crippen molar-refractivity contribution >= 4 is 16.8 Å². The maximum absolute atomic E-state index is 13.1. The fourth-order valence-electron chi connectivity index (χ4n) is 4.13. The molecule has 1 amide bonds. The van der Waals surface area contributed by atoms with Crippen LogP contribution in [0.4, 0.5) is 0 Å². The highest BCUT2D eigenvalue weighted by atomic mass is 16.5. The maximum Gasteiger partial charge on any atom is 0.252 e. The summed E-state index contributed by atoms with van der Waals surface area (Å²) in [7, 11) is 3.74. The number of likely N-dealkylation sites (tertiary alicyclic amines) is 1. The molecule has 1 aliphatic carbocycles. The third kappa shape index (κ3) is 4.86. The number of aromatic nitrogens is 1. The summed E-state index contributed by atoms with van der Waals surface area (Å²) in [6, 6.07) is 13.5. The zero-order valence-corrected chi connectivity index (χ0v) is 19.9. The molecule has 0 bridgehead atoms. The molecule has 3 aromatic rings. The Morgan fingerprint density at radius 1 is 1.15 bits per heavy atom. The highest BCUT2D eigenvalue weighted by Gasteiger charge is 2.47. The molecule has 1 saturated carbocycles. The van der Waals surface area contributed by atoms with E-state index in [1.807, 2.05) is 44.2 Å². The summed E-state index contributed by atoms with van der Waals surface area (Å²) >= 11 is 0. The van der Waals surface area contributed by atoms with E-state index in [0.717, 1.165) is 46.1 Å². The third-order valence-electron chi connectivity index (χ3n) is 6.50. The number of benzene rings is 2. The second-order valence-electron chi connectivity index (χ2n) is 9.06. The Bertz CT molecular complexity index is 1230. The number of fused-ring (bicyclic) bond motifs is 1. The van der Waals surface area contributed by atoms with Crippen LogP contribution < -0.4 is 10.1 Å². The molecule has 0 radical (unpaired) electrons. The first kappa shape index (κ1) is 22.8. The number of methoxy groups -OCH3 is 1. The molecular weight excluding hydrogens is 410 g/mol. The number of nitrogens with zero attached hydrogens (tertiary/aromatic N) is 2. The molecular formula is C28H31N3O2. The van der Waals surface area contributed by atoms with Crippen molar-refractivity contribution < 1.29 is 9.53 Å². The number of rotatable bonds is 4. The summed E-state index contributed by atoms with van der Waals surface area (Å²) in [5.74, 6) is 3.28. The SMILES string of the molecule is C#Cc1cc(C2(NC(=O)c3cc(OC)ccc3C)CC2)c2ccc(C)nc2c1.CN1CCC1. The zero-order chi connectivity index (χ0) is 23.6. The van der Waals surface area contributed by atoms with Gasteiger partial charge in [-0.25, -0.2) is 0 Å². The van der Waals surface area contributed by atoms with Crippen LogP contribution in [-0.4, -0.2) is 43.0 Å². The molecule has 5 heteroatoms. The molecule has 5 rings (SSSR count). The molecule has 1 saturated heterocycles. The minimum atomic E-state index is -0.408. The highest BCUT2D eigenvalue weighted by molar-refractivity contribution is 5.97. The van der Waals surface area contributed by atoms with Crippen LogP contribution in [0.5, 0.6) is 5.75 Å². The molecule has 0 atom stereocenters. The summed E-state index contributed by atoms with van der Waals surface area (Å²) in [5.41, 5.74) is 4.75. The van der Waals surface area contributed by atoms with E-state index in [4.69, 9.17) is 11.2 Å². The molecule has 33 heavy (non-hydrogen) atoms. The standard InChI is InChI=1S/C24H22N2O2.C4H9N/c1-5-17-12-21(19-9-7-16(3)25-22(19)13-17)24(10-11-24)26-23(27)20-14-18(28-4)8-6-15(20)2;1-5-3-2-4-5/h1,6-9,12-14H,10-11H2,2-4H3,(H,26,27);2-4H2,1H3. The zero-order valence-electron chi connectivity index (χ0n) is 19.9. The van der Waals surface area contributed by atoms with E-state index in [-0.39, 0.29) is 5.91 Å². The van der Waals surface area contributed by atoms with E-state index in [0.29, 0.717) is 11.3 Å². The van der Waals surface area contributed by atoms with Gasteiger partial charge in [-0.15, -0.1) is 6.42 Å². The first-order valence-electron chi connectivity index (χ1n) is 11.4. The van der Waals surface area contributed by atoms with E-state index in [1.165, 1.54) is 19.5 Å². The number of aryl methyl sites for hydroxylation is 2. The van der Waals surface area contributed by atoms with Gasteiger partial charge in [-0.3, -0.25) is 9.78 Å². The Morgan fingerprint density at radius 2 is 1.88 bits per heavy atom. The van der Waals surface area contributed by atoms with Crippen LogP contribution in [-0.2, 0) is 5.54 Å². The number of carbonyl (C=O) groups is 1. The summed E-state index contributed by atoms with van der Waals surface area (Å²) in [4.78, 5) is 20.0. The van der Waals surface area contributed by atoms with Gasteiger partial charge in [0.05, 0.1) is 18.2 Å². The maximum atomic E-state index is 13.1. The van der Waals surface area contributed by atoms with Crippen LogP contribution in [0.3, 0.4) is 0 Å². The minimum Gasteiger partial charge on any atom is -0.497 e. The topological polar surface area (TPSA) is 54.5 Å². The van der Waals surface area contributed by atoms with Gasteiger partial charge in [-0.05, 0) is 94.7 Å². The number of hydrogen-bond acceptors (Lipinski definition) is 4. The van der Waals surface area contributed by atoms with Crippen molar-refractivity contribution in [3.05, 3.63) is 70.4 Å². The molecule has 1 aliphatic heterocycles. The molecule has 2 heterocycles. The number of ether oxygens (including phenoxy) is 1. The molecule has 5 nitrogen and oxygen atoms in total. The van der Waals surface area contributed by atoms with E-state index >= 15 is 0 Å². The van der Waals surface area contributed by atoms with Crippen molar-refractivity contribution in [3.8, 4) is 18.1 Å². The van der Waals surface area contributed by atoms with Crippen LogP contribution in [0.1, 0.15) is 52.0 Å². The molecule has 2 fully saturated rings. The lowest BCUT2D eigenvalue weighted by atomic mass is 9.95. The van der Waals surface area contributed by atoms with E-state index in [2.05, 4.69) is 34.2 Å². The molecule has 1 aromatic heterocycles. The summed E-state index contributed by atoms with van der Waals surface area (Å²) < 4.78 is 5.28. The van der Waals surface area contributed by atoms with Crippen molar-refractivity contribution in [2.24, 2.45) is 0 Å². The average Bonchev–Trinajstić information content (AvgIpc) is 3.57. The summed E-state index contributed by atoms with van der Waals surface area (Å²) in [5, 5.41) is 4.29. The van der Waals surface area contributed by atoms with Gasteiger partial charge >= 0.3 is 0 Å². The Hall–Kier alpha value is -3.36. The van der Waals surface area contributed by atoms with Crippen LogP contribution in [0.2, 0.25) is 0 Å². The quantitative estimate of drug-likeness (QED) is 0.602. The molecule has 0 unspecified atom stereocenters. The van der Waals surface area contributed by atoms with Crippen molar-refractivity contribution in [1.82, 2.24) is 15.2 Å². The van der Waals surface area contributed by atoms with Crippen LogP contribution >= 0.6 is 0 Å². The largest absolute Gasteiger partial charge is 0.497 e. The molecule has 170 valence electrons. The monoisotopic (exact) mass is 441 g/mol. The first-order valence-corrected chi connectivity index (χ1v) is 11.4. The van der Waals surface area contributed by atoms with Gasteiger partial charge in [-0.1, -0.05) is 18.1 Å². The first-order chi connectivity index (χ1) is 15.8. The van der Waals surface area contributed by atoms with E-state index in [9.17, 15) is 4.79 Å². The number of terminal acetylenes is 1. The lowest BCUT2D eigenvalue weighted by molar-refractivity contribution is 0.0930. The minimum absolute atomic E-state index is 0.103. The predicted molar refractivity (Wildman–Crippen MR) is 133 cm³/mol. The van der Waals surface area contributed by atoms with Crippen molar-refractivity contribution in [2.75, 3.05) is 27.2 Å². The highest BCUT2D eigenvalue weighted by Crippen LogP contribution is 2.48. The Kier molecular flexibility index (Phi) is 6.40. The number of nitrogens with one attached hydrogen (secondary N) is 1. The smallest absolute Gasteiger partial charge is 0.252 e. The van der Waals surface area contributed by atoms with Gasteiger partial charge in [0.15, 0.2) is 0 Å². The van der Waals surface area contributed by atoms with Gasteiger partial charge in [0.25, 0.3) is 5.91 Å². The molecule has 0 spiro atoms. The van der Waals surface area contributed by atoms with Gasteiger partial charge in [0, 0.05) is 22.2 Å². The van der Waals surface area contributed by atoms with Gasteiger partial charge in [-0.2, -0.15) is 0 Å². The number of amides is 1. The van der Waals surface area contributed by atoms with Gasteiger partial charge in [0.2, 0.25) is 0 Å². The van der Waals surface area contributed by atoms with Crippen LogP contribution in [0.15, 0.2) is 42.5 Å². The molecule has 1 N–H and O–H groups in total. The van der Waals surface area contributed by atoms with Crippen molar-refractivity contribution in [1.29, 1.82) is 0 Å². The predicted octanol–water partition coefficient (Wildman–Crippen LogP) is 4.58. The van der Waals surface area contributed by atoms with E-state index in [1.54, 1.807) is 13.2 Å². The Morgan fingerprint density at radius 3 is 2.45 bits per heavy atom. The number of pyridine rings is 1. The van der Waals surface area contributed by atoms with Gasteiger partial charge in [0.1, 0.15) is 5.75 Å². The van der Waals surface area contributed by atoms with Crippen molar-refractivity contribution in [3.63, 3.8) is 0 Å². The normalized spacial score (nSPS) is 16.1. The van der Waals surface area contributed by atoms with Crippen LogP contribution in [0.25, 0.3) is 10.9 Å². The number of carbonyl (C=O) groups excluding carboxylic acids is 1. The van der Waals surface area contributed by atoms with Crippen molar-refractivity contribution in [2.45, 2.75) is 38.6 Å². The molecule has 2 aliphatic rings. The summed E-state index contributed by atoms with van der Waals surface area (Å²) in [6.07, 6.45) is 8.84. The molecule has 2 aromatic carbocycles.